The molecule has 29 heavy (non-hydrogen) atoms. The molecule has 0 bridgehead atoms. The molecule has 0 radical (unpaired) electrons. The Morgan fingerprint density at radius 3 is 2.62 bits per heavy atom. The number of rotatable bonds is 7. The van der Waals surface area contributed by atoms with Gasteiger partial charge >= 0.3 is 0 Å². The predicted octanol–water partition coefficient (Wildman–Crippen LogP) is 4.13. The number of piperidine rings is 1. The Hall–Kier alpha value is -1.55. The highest BCUT2D eigenvalue weighted by atomic mass is 35.5. The number of aromatic nitrogens is 2. The topological polar surface area (TPSA) is 92.3 Å². The molecule has 1 fully saturated rings. The zero-order valence-corrected chi connectivity index (χ0v) is 18.9. The Bertz CT molecular complexity index is 943. The molecule has 1 aliphatic heterocycles. The lowest BCUT2D eigenvalue weighted by Crippen LogP contribution is -2.43. The minimum Gasteiger partial charge on any atom is -0.300 e. The smallest absolute Gasteiger partial charge is 0.243 e. The lowest BCUT2D eigenvalue weighted by molar-refractivity contribution is -0.120. The molecule has 3 rings (SSSR count). The van der Waals surface area contributed by atoms with Gasteiger partial charge in [0.05, 0.1) is 10.8 Å². The molecular formula is C19H25ClN4O3S2. The monoisotopic (exact) mass is 456 g/mol. The van der Waals surface area contributed by atoms with Gasteiger partial charge in [0.2, 0.25) is 21.1 Å². The first-order valence-electron chi connectivity index (χ1n) is 9.75. The average molecular weight is 457 g/mol. The Balaban J connectivity index is 1.67. The van der Waals surface area contributed by atoms with Gasteiger partial charge in [-0.1, -0.05) is 36.8 Å². The summed E-state index contributed by atoms with van der Waals surface area (Å²) in [7, 11) is -3.66. The maximum Gasteiger partial charge on any atom is 0.243 e. The van der Waals surface area contributed by atoms with Crippen LogP contribution in [-0.4, -0.2) is 41.9 Å². The zero-order chi connectivity index (χ0) is 21.0. The molecule has 1 aromatic carbocycles. The van der Waals surface area contributed by atoms with Crippen molar-refractivity contribution in [3.63, 3.8) is 0 Å². The van der Waals surface area contributed by atoms with Gasteiger partial charge in [-0.05, 0) is 49.9 Å². The van der Waals surface area contributed by atoms with Gasteiger partial charge in [-0.25, -0.2) is 8.42 Å². The molecule has 1 saturated heterocycles. The molecule has 0 saturated carbocycles. The van der Waals surface area contributed by atoms with E-state index in [0.29, 0.717) is 35.5 Å². The summed E-state index contributed by atoms with van der Waals surface area (Å²) in [4.78, 5) is 12.9. The lowest BCUT2D eigenvalue weighted by Gasteiger charge is -2.31. The highest BCUT2D eigenvalue weighted by Crippen LogP contribution is 2.29. The van der Waals surface area contributed by atoms with Gasteiger partial charge in [-0.15, -0.1) is 10.2 Å². The fourth-order valence-corrected chi connectivity index (χ4v) is 6.09. The molecular weight excluding hydrogens is 432 g/mol. The number of carbonyl (C=O) groups excluding carboxylic acids is 1. The van der Waals surface area contributed by atoms with Crippen LogP contribution in [0.5, 0.6) is 0 Å². The summed E-state index contributed by atoms with van der Waals surface area (Å²) >= 11 is 7.25. The molecule has 0 aliphatic carbocycles. The van der Waals surface area contributed by atoms with Crippen molar-refractivity contribution in [3.8, 4) is 0 Å². The van der Waals surface area contributed by atoms with E-state index >= 15 is 0 Å². The lowest BCUT2D eigenvalue weighted by atomic mass is 9.99. The maximum absolute atomic E-state index is 12.9. The number of carbonyl (C=O) groups is 1. The van der Waals surface area contributed by atoms with E-state index in [1.807, 2.05) is 0 Å². The molecule has 10 heteroatoms. The second kappa shape index (κ2) is 9.51. The standard InChI is InChI=1S/C19H25ClN4O3S2/c1-3-13(4-2)18-22-23-19(28-18)21-17(25)14-6-5-11-24(12-14)29(26,27)16-9-7-15(20)8-10-16/h7-10,13-14H,3-6,11-12H2,1-2H3,(H,21,23,25). The van der Waals surface area contributed by atoms with Gasteiger partial charge in [0.15, 0.2) is 0 Å². The van der Waals surface area contributed by atoms with Crippen molar-refractivity contribution >= 4 is 44.0 Å². The molecule has 2 aromatic rings. The molecule has 1 amide bonds. The van der Waals surface area contributed by atoms with Crippen molar-refractivity contribution in [1.82, 2.24) is 14.5 Å². The quantitative estimate of drug-likeness (QED) is 0.676. The van der Waals surface area contributed by atoms with Gasteiger partial charge in [0.25, 0.3) is 0 Å². The number of sulfonamides is 1. The molecule has 1 N–H and O–H groups in total. The van der Waals surface area contributed by atoms with Crippen LogP contribution in [0.15, 0.2) is 29.2 Å². The Morgan fingerprint density at radius 1 is 1.28 bits per heavy atom. The highest BCUT2D eigenvalue weighted by Gasteiger charge is 2.33. The number of hydrogen-bond donors (Lipinski definition) is 1. The minimum atomic E-state index is -3.66. The van der Waals surface area contributed by atoms with E-state index in [1.165, 1.54) is 27.8 Å². The fourth-order valence-electron chi connectivity index (χ4n) is 3.43. The molecule has 1 aromatic heterocycles. The summed E-state index contributed by atoms with van der Waals surface area (Å²) < 4.78 is 27.2. The first kappa shape index (κ1) is 22.1. The third kappa shape index (κ3) is 5.14. The van der Waals surface area contributed by atoms with Crippen LogP contribution in [0.1, 0.15) is 50.5 Å². The van der Waals surface area contributed by atoms with Gasteiger partial charge < -0.3 is 5.32 Å². The summed E-state index contributed by atoms with van der Waals surface area (Å²) in [5, 5.41) is 13.0. The van der Waals surface area contributed by atoms with Crippen molar-refractivity contribution in [2.24, 2.45) is 5.92 Å². The number of amides is 1. The van der Waals surface area contributed by atoms with E-state index in [0.717, 1.165) is 17.8 Å². The van der Waals surface area contributed by atoms with Gasteiger partial charge in [0, 0.05) is 24.0 Å². The third-order valence-corrected chi connectivity index (χ3v) is 8.34. The Kier molecular flexibility index (Phi) is 7.26. The molecule has 1 aliphatic rings. The van der Waals surface area contributed by atoms with Crippen LogP contribution in [0.3, 0.4) is 0 Å². The fraction of sp³-hybridized carbons (Fsp3) is 0.526. The summed E-state index contributed by atoms with van der Waals surface area (Å²) in [6, 6.07) is 6.08. The van der Waals surface area contributed by atoms with E-state index in [9.17, 15) is 13.2 Å². The van der Waals surface area contributed by atoms with E-state index < -0.39 is 15.9 Å². The number of halogens is 1. The third-order valence-electron chi connectivity index (χ3n) is 5.21. The molecule has 0 spiro atoms. The van der Waals surface area contributed by atoms with E-state index in [4.69, 9.17) is 11.6 Å². The zero-order valence-electron chi connectivity index (χ0n) is 16.5. The summed E-state index contributed by atoms with van der Waals surface area (Å²) in [6.45, 7) is 4.75. The molecule has 2 heterocycles. The SMILES string of the molecule is CCC(CC)c1nnc(NC(=O)C2CCCN(S(=O)(=O)c3ccc(Cl)cc3)C2)s1. The van der Waals surface area contributed by atoms with Gasteiger partial charge in [-0.2, -0.15) is 4.31 Å². The van der Waals surface area contributed by atoms with Crippen LogP contribution >= 0.6 is 22.9 Å². The molecule has 7 nitrogen and oxygen atoms in total. The first-order chi connectivity index (χ1) is 13.8. The van der Waals surface area contributed by atoms with Crippen LogP contribution in [0.4, 0.5) is 5.13 Å². The van der Waals surface area contributed by atoms with Crippen molar-refractivity contribution < 1.29 is 13.2 Å². The number of anilines is 1. The van der Waals surface area contributed by atoms with Crippen LogP contribution < -0.4 is 5.32 Å². The number of benzene rings is 1. The number of nitrogens with zero attached hydrogens (tertiary/aromatic N) is 3. The van der Waals surface area contributed by atoms with Crippen LogP contribution in [0.2, 0.25) is 5.02 Å². The van der Waals surface area contributed by atoms with Gasteiger partial charge in [0.1, 0.15) is 5.01 Å². The van der Waals surface area contributed by atoms with Crippen LogP contribution in [0, 0.1) is 5.92 Å². The number of nitrogens with one attached hydrogen (secondary N) is 1. The summed E-state index contributed by atoms with van der Waals surface area (Å²) in [6.07, 6.45) is 3.20. The average Bonchev–Trinajstić information content (AvgIpc) is 3.17. The predicted molar refractivity (Wildman–Crippen MR) is 115 cm³/mol. The Morgan fingerprint density at radius 2 is 1.97 bits per heavy atom. The largest absolute Gasteiger partial charge is 0.300 e. The van der Waals surface area contributed by atoms with E-state index in [1.54, 1.807) is 12.1 Å². The molecule has 1 atom stereocenters. The summed E-state index contributed by atoms with van der Waals surface area (Å²) in [5.41, 5.74) is 0. The second-order valence-electron chi connectivity index (χ2n) is 7.10. The molecule has 158 valence electrons. The Labute approximate surface area is 180 Å². The first-order valence-corrected chi connectivity index (χ1v) is 12.4. The normalized spacial score (nSPS) is 18.1. The molecule has 1 unspecified atom stereocenters. The van der Waals surface area contributed by atoms with Crippen molar-refractivity contribution in [2.75, 3.05) is 18.4 Å². The second-order valence-corrected chi connectivity index (χ2v) is 10.5. The highest BCUT2D eigenvalue weighted by molar-refractivity contribution is 7.89. The van der Waals surface area contributed by atoms with Crippen LogP contribution in [0.25, 0.3) is 0 Å². The van der Waals surface area contributed by atoms with Crippen molar-refractivity contribution in [2.45, 2.75) is 50.3 Å². The minimum absolute atomic E-state index is 0.148. The maximum atomic E-state index is 12.9. The van der Waals surface area contributed by atoms with E-state index in [-0.39, 0.29) is 17.3 Å². The number of hydrogen-bond acceptors (Lipinski definition) is 6. The summed E-state index contributed by atoms with van der Waals surface area (Å²) in [5.74, 6) is -0.299. The van der Waals surface area contributed by atoms with Crippen LogP contribution in [-0.2, 0) is 14.8 Å². The van der Waals surface area contributed by atoms with E-state index in [2.05, 4.69) is 29.4 Å². The van der Waals surface area contributed by atoms with Crippen molar-refractivity contribution in [1.29, 1.82) is 0 Å². The van der Waals surface area contributed by atoms with Gasteiger partial charge in [-0.3, -0.25) is 4.79 Å². The van der Waals surface area contributed by atoms with Crippen molar-refractivity contribution in [3.05, 3.63) is 34.3 Å².